The maximum absolute atomic E-state index is 12.6. The van der Waals surface area contributed by atoms with E-state index < -0.39 is 10.0 Å². The third kappa shape index (κ3) is 4.86. The number of fused-ring (bicyclic) bond motifs is 1. The second-order valence-corrected chi connectivity index (χ2v) is 10.3. The van der Waals surface area contributed by atoms with E-state index in [4.69, 9.17) is 0 Å². The number of aromatic nitrogens is 1. The summed E-state index contributed by atoms with van der Waals surface area (Å²) in [6, 6.07) is 6.28. The summed E-state index contributed by atoms with van der Waals surface area (Å²) in [6.45, 7) is 4.65. The fourth-order valence-corrected chi connectivity index (χ4v) is 5.41. The molecule has 0 unspecified atom stereocenters. The van der Waals surface area contributed by atoms with E-state index in [1.54, 1.807) is 6.92 Å². The summed E-state index contributed by atoms with van der Waals surface area (Å²) in [5.74, 6) is -0.121. The van der Waals surface area contributed by atoms with Crippen LogP contribution < -0.4 is 5.32 Å². The minimum atomic E-state index is -3.17. The van der Waals surface area contributed by atoms with Crippen molar-refractivity contribution >= 4 is 42.6 Å². The number of carbonyl (C=O) groups is 1. The van der Waals surface area contributed by atoms with Crippen LogP contribution in [0.25, 0.3) is 10.2 Å². The lowest BCUT2D eigenvalue weighted by Gasteiger charge is -2.30. The summed E-state index contributed by atoms with van der Waals surface area (Å²) >= 11 is 1.50. The van der Waals surface area contributed by atoms with Crippen molar-refractivity contribution in [3.63, 3.8) is 0 Å². The number of hydrogen-bond donors (Lipinski definition) is 1. The molecule has 6 nitrogen and oxygen atoms in total. The highest BCUT2D eigenvalue weighted by molar-refractivity contribution is 7.89. The van der Waals surface area contributed by atoms with Crippen LogP contribution in [0.15, 0.2) is 18.2 Å². The number of benzene rings is 1. The van der Waals surface area contributed by atoms with E-state index >= 15 is 0 Å². The number of hydrogen-bond acceptors (Lipinski definition) is 5. The SMILES string of the molecule is CCCCc1ccc2nc(NC(=O)C3CCN(S(=O)(=O)CC)CC3)sc2c1. The van der Waals surface area contributed by atoms with Crippen molar-refractivity contribution < 1.29 is 13.2 Å². The average molecular weight is 410 g/mol. The maximum atomic E-state index is 12.6. The fraction of sp³-hybridized carbons (Fsp3) is 0.579. The molecule has 1 aromatic heterocycles. The molecule has 3 rings (SSSR count). The molecule has 1 aromatic carbocycles. The quantitative estimate of drug-likeness (QED) is 0.757. The lowest BCUT2D eigenvalue weighted by Crippen LogP contribution is -2.42. The summed E-state index contributed by atoms with van der Waals surface area (Å²) in [5, 5.41) is 3.55. The van der Waals surface area contributed by atoms with E-state index in [1.807, 2.05) is 6.07 Å². The molecule has 1 N–H and O–H groups in total. The van der Waals surface area contributed by atoms with Gasteiger partial charge in [0.25, 0.3) is 0 Å². The first-order valence-corrected chi connectivity index (χ1v) is 12.0. The highest BCUT2D eigenvalue weighted by atomic mass is 32.2. The van der Waals surface area contributed by atoms with Gasteiger partial charge in [-0.1, -0.05) is 30.7 Å². The smallest absolute Gasteiger partial charge is 0.229 e. The van der Waals surface area contributed by atoms with Crippen LogP contribution in [0.4, 0.5) is 5.13 Å². The molecule has 0 spiro atoms. The Bertz CT molecular complexity index is 900. The number of unbranched alkanes of at least 4 members (excludes halogenated alkanes) is 1. The van der Waals surface area contributed by atoms with Crippen LogP contribution in [-0.4, -0.2) is 42.5 Å². The highest BCUT2D eigenvalue weighted by Crippen LogP contribution is 2.29. The molecule has 2 aromatic rings. The normalized spacial score (nSPS) is 16.7. The van der Waals surface area contributed by atoms with Crippen molar-refractivity contribution in [2.45, 2.75) is 46.0 Å². The lowest BCUT2D eigenvalue weighted by molar-refractivity contribution is -0.120. The number of sulfonamides is 1. The number of thiazole rings is 1. The monoisotopic (exact) mass is 409 g/mol. The molecule has 148 valence electrons. The van der Waals surface area contributed by atoms with Crippen LogP contribution in [0.3, 0.4) is 0 Å². The van der Waals surface area contributed by atoms with Gasteiger partial charge < -0.3 is 5.32 Å². The first-order chi connectivity index (χ1) is 12.9. The van der Waals surface area contributed by atoms with Crippen molar-refractivity contribution in [3.05, 3.63) is 23.8 Å². The van der Waals surface area contributed by atoms with Crippen LogP contribution >= 0.6 is 11.3 Å². The minimum Gasteiger partial charge on any atom is -0.302 e. The molecule has 1 fully saturated rings. The molecule has 1 saturated heterocycles. The molecule has 0 atom stereocenters. The van der Waals surface area contributed by atoms with Gasteiger partial charge in [-0.25, -0.2) is 17.7 Å². The first kappa shape index (κ1) is 20.2. The number of anilines is 1. The van der Waals surface area contributed by atoms with Crippen molar-refractivity contribution in [2.75, 3.05) is 24.2 Å². The Kier molecular flexibility index (Phi) is 6.49. The number of amides is 1. The molecular weight excluding hydrogens is 382 g/mol. The number of piperidine rings is 1. The number of nitrogens with zero attached hydrogens (tertiary/aromatic N) is 2. The lowest BCUT2D eigenvalue weighted by atomic mass is 9.97. The number of aryl methyl sites for hydroxylation is 1. The fourth-order valence-electron chi connectivity index (χ4n) is 3.35. The van der Waals surface area contributed by atoms with E-state index in [-0.39, 0.29) is 17.6 Å². The Hall–Kier alpha value is -1.51. The van der Waals surface area contributed by atoms with Gasteiger partial charge in [-0.3, -0.25) is 4.79 Å². The average Bonchev–Trinajstić information content (AvgIpc) is 3.07. The summed E-state index contributed by atoms with van der Waals surface area (Å²) in [5.41, 5.74) is 2.20. The largest absolute Gasteiger partial charge is 0.302 e. The predicted octanol–water partition coefficient (Wildman–Crippen LogP) is 3.64. The number of nitrogens with one attached hydrogen (secondary N) is 1. The Morgan fingerprint density at radius 1 is 1.30 bits per heavy atom. The van der Waals surface area contributed by atoms with E-state index in [0.29, 0.717) is 31.1 Å². The third-order valence-corrected chi connectivity index (χ3v) is 7.90. The zero-order valence-electron chi connectivity index (χ0n) is 15.9. The Balaban J connectivity index is 1.61. The van der Waals surface area contributed by atoms with Gasteiger partial charge >= 0.3 is 0 Å². The molecule has 1 aliphatic heterocycles. The Morgan fingerprint density at radius 3 is 2.70 bits per heavy atom. The minimum absolute atomic E-state index is 0.0613. The summed E-state index contributed by atoms with van der Waals surface area (Å²) < 4.78 is 26.4. The molecule has 2 heterocycles. The van der Waals surface area contributed by atoms with Gasteiger partial charge in [0.1, 0.15) is 0 Å². The molecule has 8 heteroatoms. The standard InChI is InChI=1S/C19H27N3O3S2/c1-3-5-6-14-7-8-16-17(13-14)26-19(20-16)21-18(23)15-9-11-22(12-10-15)27(24,25)4-2/h7-8,13,15H,3-6,9-12H2,1-2H3,(H,20,21,23). The van der Waals surface area contributed by atoms with Crippen molar-refractivity contribution in [2.24, 2.45) is 5.92 Å². The second-order valence-electron chi connectivity index (χ2n) is 6.99. The van der Waals surface area contributed by atoms with Crippen LogP contribution in [0, 0.1) is 5.92 Å². The predicted molar refractivity (Wildman–Crippen MR) is 111 cm³/mol. The molecule has 0 saturated carbocycles. The van der Waals surface area contributed by atoms with Gasteiger partial charge in [-0.15, -0.1) is 0 Å². The molecule has 1 amide bonds. The topological polar surface area (TPSA) is 79.4 Å². The third-order valence-electron chi connectivity index (χ3n) is 5.08. The highest BCUT2D eigenvalue weighted by Gasteiger charge is 2.30. The summed E-state index contributed by atoms with van der Waals surface area (Å²) in [7, 11) is -3.17. The van der Waals surface area contributed by atoms with E-state index in [2.05, 4.69) is 29.4 Å². The zero-order valence-corrected chi connectivity index (χ0v) is 17.5. The van der Waals surface area contributed by atoms with Gasteiger partial charge in [0.15, 0.2) is 5.13 Å². The zero-order chi connectivity index (χ0) is 19.4. The van der Waals surface area contributed by atoms with E-state index in [1.165, 1.54) is 34.0 Å². The van der Waals surface area contributed by atoms with Crippen LogP contribution in [0.1, 0.15) is 45.1 Å². The van der Waals surface area contributed by atoms with Crippen molar-refractivity contribution in [1.82, 2.24) is 9.29 Å². The van der Waals surface area contributed by atoms with Crippen molar-refractivity contribution in [1.29, 1.82) is 0 Å². The molecular formula is C19H27N3O3S2. The number of carbonyl (C=O) groups excluding carboxylic acids is 1. The van der Waals surface area contributed by atoms with Crippen LogP contribution in [0.5, 0.6) is 0 Å². The van der Waals surface area contributed by atoms with E-state index in [9.17, 15) is 13.2 Å². The van der Waals surface area contributed by atoms with Gasteiger partial charge in [0, 0.05) is 19.0 Å². The molecule has 0 aliphatic carbocycles. The van der Waals surface area contributed by atoms with Gasteiger partial charge in [-0.2, -0.15) is 0 Å². The Morgan fingerprint density at radius 2 is 2.04 bits per heavy atom. The van der Waals surface area contributed by atoms with Gasteiger partial charge in [0.2, 0.25) is 15.9 Å². The van der Waals surface area contributed by atoms with Gasteiger partial charge in [0.05, 0.1) is 16.0 Å². The first-order valence-electron chi connectivity index (χ1n) is 9.61. The number of rotatable bonds is 7. The van der Waals surface area contributed by atoms with E-state index in [0.717, 1.165) is 16.6 Å². The van der Waals surface area contributed by atoms with Gasteiger partial charge in [-0.05, 0) is 50.3 Å². The molecule has 1 aliphatic rings. The summed E-state index contributed by atoms with van der Waals surface area (Å²) in [6.07, 6.45) is 4.50. The molecule has 0 bridgehead atoms. The maximum Gasteiger partial charge on any atom is 0.229 e. The summed E-state index contributed by atoms with van der Waals surface area (Å²) in [4.78, 5) is 17.1. The van der Waals surface area contributed by atoms with Crippen LogP contribution in [-0.2, 0) is 21.2 Å². The molecule has 27 heavy (non-hydrogen) atoms. The second kappa shape index (κ2) is 8.67. The molecule has 0 radical (unpaired) electrons. The van der Waals surface area contributed by atoms with Crippen LogP contribution in [0.2, 0.25) is 0 Å². The van der Waals surface area contributed by atoms with Crippen molar-refractivity contribution in [3.8, 4) is 0 Å². The Labute approximate surface area is 165 Å².